The van der Waals surface area contributed by atoms with Crippen LogP contribution in [0.25, 0.3) is 11.8 Å². The molecular weight excluding hydrogens is 306 g/mol. The van der Waals surface area contributed by atoms with Crippen molar-refractivity contribution < 1.29 is 19.3 Å². The minimum atomic E-state index is 0.199. The molecule has 3 aliphatic rings. The Morgan fingerprint density at radius 3 is 2.75 bits per heavy atom. The van der Waals surface area contributed by atoms with Gasteiger partial charge >= 0.3 is 0 Å². The second kappa shape index (κ2) is 4.84. The topological polar surface area (TPSA) is 51.2 Å². The quantitative estimate of drug-likeness (QED) is 0.874. The normalized spacial score (nSPS) is 16.9. The van der Waals surface area contributed by atoms with Gasteiger partial charge in [0.25, 0.3) is 0 Å². The Morgan fingerprint density at radius 2 is 1.92 bits per heavy atom. The maximum absolute atomic E-state index is 10.0. The summed E-state index contributed by atoms with van der Waals surface area (Å²) >= 11 is 0. The van der Waals surface area contributed by atoms with E-state index >= 15 is 0 Å². The van der Waals surface area contributed by atoms with Crippen molar-refractivity contribution in [2.75, 3.05) is 20.4 Å². The Bertz CT molecular complexity index is 887. The highest BCUT2D eigenvalue weighted by Gasteiger charge is 2.28. The summed E-state index contributed by atoms with van der Waals surface area (Å²) < 4.78 is 16.3. The molecule has 0 aliphatic carbocycles. The van der Waals surface area contributed by atoms with E-state index < -0.39 is 0 Å². The molecule has 0 amide bonds. The molecule has 0 saturated heterocycles. The third-order valence-corrected chi connectivity index (χ3v) is 4.96. The van der Waals surface area contributed by atoms with E-state index in [1.165, 1.54) is 11.3 Å². The van der Waals surface area contributed by atoms with Crippen molar-refractivity contribution in [2.24, 2.45) is 0 Å². The molecule has 0 spiro atoms. The molecule has 0 aromatic heterocycles. The van der Waals surface area contributed by atoms with Gasteiger partial charge in [-0.3, -0.25) is 0 Å². The molecule has 2 aromatic rings. The van der Waals surface area contributed by atoms with Gasteiger partial charge in [-0.1, -0.05) is 0 Å². The molecule has 0 atom stereocenters. The summed E-state index contributed by atoms with van der Waals surface area (Å²) in [5, 5.41) is 10.0. The Hall–Kier alpha value is -2.82. The summed E-state index contributed by atoms with van der Waals surface area (Å²) in [4.78, 5) is 2.36. The zero-order valence-corrected chi connectivity index (χ0v) is 13.3. The molecule has 0 bridgehead atoms. The van der Waals surface area contributed by atoms with Crippen molar-refractivity contribution in [1.29, 1.82) is 0 Å². The Kier molecular flexibility index (Phi) is 2.74. The maximum Gasteiger partial charge on any atom is 0.231 e. The summed E-state index contributed by atoms with van der Waals surface area (Å²) in [6.07, 6.45) is 3.10. The molecule has 5 nitrogen and oxygen atoms in total. The maximum atomic E-state index is 10.0. The largest absolute Gasteiger partial charge is 0.504 e. The average Bonchev–Trinajstić information content (AvgIpc) is 3.04. The minimum Gasteiger partial charge on any atom is -0.504 e. The Labute approximate surface area is 139 Å². The smallest absolute Gasteiger partial charge is 0.231 e. The van der Waals surface area contributed by atoms with Crippen molar-refractivity contribution in [3.05, 3.63) is 46.5 Å². The molecule has 0 fully saturated rings. The number of phenolic OH excluding ortho intramolecular Hbond substituents is 1. The lowest BCUT2D eigenvalue weighted by atomic mass is 9.90. The predicted octanol–water partition coefficient (Wildman–Crippen LogP) is 3.00. The zero-order valence-electron chi connectivity index (χ0n) is 13.3. The number of nitrogens with zero attached hydrogens (tertiary/aromatic N) is 1. The van der Waals surface area contributed by atoms with E-state index in [1.54, 1.807) is 7.11 Å². The molecule has 5 rings (SSSR count). The van der Waals surface area contributed by atoms with Gasteiger partial charge in [0.15, 0.2) is 23.0 Å². The fraction of sp³-hybridized carbons (Fsp3) is 0.263. The van der Waals surface area contributed by atoms with Gasteiger partial charge in [-0.2, -0.15) is 0 Å². The van der Waals surface area contributed by atoms with Crippen molar-refractivity contribution >= 4 is 11.8 Å². The van der Waals surface area contributed by atoms with E-state index in [4.69, 9.17) is 14.2 Å². The van der Waals surface area contributed by atoms with E-state index in [0.717, 1.165) is 47.7 Å². The van der Waals surface area contributed by atoms with Crippen LogP contribution in [0.5, 0.6) is 23.0 Å². The van der Waals surface area contributed by atoms with Gasteiger partial charge in [0.05, 0.1) is 7.11 Å². The number of fused-ring (bicyclic) bond motifs is 5. The highest BCUT2D eigenvalue weighted by Crippen LogP contribution is 2.43. The molecule has 3 heterocycles. The molecule has 5 heteroatoms. The van der Waals surface area contributed by atoms with E-state index in [0.29, 0.717) is 5.75 Å². The first-order valence-corrected chi connectivity index (χ1v) is 8.02. The lowest BCUT2D eigenvalue weighted by Crippen LogP contribution is -2.31. The number of rotatable bonds is 1. The number of phenols is 1. The van der Waals surface area contributed by atoms with Crippen LogP contribution in [0.3, 0.4) is 0 Å². The van der Waals surface area contributed by atoms with E-state index in [2.05, 4.69) is 17.0 Å². The van der Waals surface area contributed by atoms with Crippen molar-refractivity contribution in [1.82, 2.24) is 4.90 Å². The van der Waals surface area contributed by atoms with Crippen molar-refractivity contribution in [3.63, 3.8) is 0 Å². The number of benzene rings is 2. The molecule has 24 heavy (non-hydrogen) atoms. The van der Waals surface area contributed by atoms with E-state index in [-0.39, 0.29) is 12.5 Å². The van der Waals surface area contributed by atoms with Gasteiger partial charge in [-0.15, -0.1) is 0 Å². The number of methoxy groups -OCH3 is 1. The first-order chi connectivity index (χ1) is 11.7. The van der Waals surface area contributed by atoms with Gasteiger partial charge in [0.1, 0.15) is 0 Å². The van der Waals surface area contributed by atoms with Crippen LogP contribution in [-0.2, 0) is 13.0 Å². The van der Waals surface area contributed by atoms with Crippen LogP contribution in [0.2, 0.25) is 0 Å². The third-order valence-electron chi connectivity index (χ3n) is 4.96. The van der Waals surface area contributed by atoms with Crippen molar-refractivity contribution in [2.45, 2.75) is 13.0 Å². The first kappa shape index (κ1) is 13.6. The van der Waals surface area contributed by atoms with Gasteiger partial charge < -0.3 is 24.2 Å². The Morgan fingerprint density at radius 1 is 1.08 bits per heavy atom. The standard InChI is InChI=1S/C19H17NO4/c1-22-17-8-14-11(5-16(17)21)2-3-20-9-13-7-19-18(23-10-24-19)6-12(13)4-15(14)20/h4-8,21H,2-3,9-10H2,1H3. The first-order valence-electron chi connectivity index (χ1n) is 8.02. The highest BCUT2D eigenvalue weighted by molar-refractivity contribution is 5.86. The fourth-order valence-corrected chi connectivity index (χ4v) is 3.72. The fourth-order valence-electron chi connectivity index (χ4n) is 3.72. The van der Waals surface area contributed by atoms with Gasteiger partial charge in [-0.05, 0) is 53.5 Å². The summed E-state index contributed by atoms with van der Waals surface area (Å²) in [6, 6.07) is 7.88. The minimum absolute atomic E-state index is 0.199. The molecule has 0 unspecified atom stereocenters. The third kappa shape index (κ3) is 1.87. The molecular formula is C19H17NO4. The molecule has 0 saturated carbocycles. The predicted molar refractivity (Wildman–Crippen MR) is 89.2 cm³/mol. The number of ether oxygens (including phenoxy) is 3. The van der Waals surface area contributed by atoms with Gasteiger partial charge in [0.2, 0.25) is 6.79 Å². The van der Waals surface area contributed by atoms with E-state index in [1.807, 2.05) is 18.2 Å². The summed E-state index contributed by atoms with van der Waals surface area (Å²) in [5.74, 6) is 2.34. The molecule has 0 radical (unpaired) electrons. The van der Waals surface area contributed by atoms with Crippen LogP contribution < -0.4 is 14.2 Å². The van der Waals surface area contributed by atoms with Crippen LogP contribution >= 0.6 is 0 Å². The molecule has 2 aromatic carbocycles. The lowest BCUT2D eigenvalue weighted by Gasteiger charge is -2.37. The van der Waals surface area contributed by atoms with Crippen LogP contribution in [0, 0.1) is 0 Å². The van der Waals surface area contributed by atoms with Crippen LogP contribution in [0.4, 0.5) is 0 Å². The average molecular weight is 323 g/mol. The van der Waals surface area contributed by atoms with Gasteiger partial charge in [0, 0.05) is 24.4 Å². The second-order valence-electron chi connectivity index (χ2n) is 6.29. The zero-order chi connectivity index (χ0) is 16.3. The van der Waals surface area contributed by atoms with Gasteiger partial charge in [-0.25, -0.2) is 0 Å². The summed E-state index contributed by atoms with van der Waals surface area (Å²) in [5.41, 5.74) is 5.85. The SMILES string of the molecule is COc1cc2c(cc1O)CCN1Cc3cc4c(cc3C=C21)OCO4. The highest BCUT2D eigenvalue weighted by atomic mass is 16.7. The summed E-state index contributed by atoms with van der Waals surface area (Å²) in [6.45, 7) is 2.07. The van der Waals surface area contributed by atoms with E-state index in [9.17, 15) is 5.11 Å². The second-order valence-corrected chi connectivity index (χ2v) is 6.29. The number of hydrogen-bond acceptors (Lipinski definition) is 5. The van der Waals surface area contributed by atoms with Crippen LogP contribution in [-0.4, -0.2) is 30.5 Å². The van der Waals surface area contributed by atoms with Crippen LogP contribution in [0.1, 0.15) is 22.3 Å². The molecule has 3 aliphatic heterocycles. The number of hydrogen-bond donors (Lipinski definition) is 1. The van der Waals surface area contributed by atoms with Crippen LogP contribution in [0.15, 0.2) is 24.3 Å². The monoisotopic (exact) mass is 323 g/mol. The lowest BCUT2D eigenvalue weighted by molar-refractivity contribution is 0.174. The number of aromatic hydroxyl groups is 1. The molecule has 1 N–H and O–H groups in total. The molecule has 122 valence electrons. The summed E-state index contributed by atoms with van der Waals surface area (Å²) in [7, 11) is 1.58. The van der Waals surface area contributed by atoms with Crippen molar-refractivity contribution in [3.8, 4) is 23.0 Å². The Balaban J connectivity index is 1.67.